The second kappa shape index (κ2) is 7.40. The van der Waals surface area contributed by atoms with Crippen molar-refractivity contribution in [2.45, 2.75) is 0 Å². The zero-order valence-electron chi connectivity index (χ0n) is 12.2. The van der Waals surface area contributed by atoms with E-state index in [9.17, 15) is 5.11 Å². The number of phenolic OH excluding ortho intramolecular Hbond substituents is 1. The number of hydrogen-bond acceptors (Lipinski definition) is 3. The minimum absolute atomic E-state index is 0. The van der Waals surface area contributed by atoms with Gasteiger partial charge in [-0.25, -0.2) is 4.98 Å². The molecule has 4 radical (unpaired) electrons. The molecule has 1 N–H and O–H groups in total. The van der Waals surface area contributed by atoms with Crippen LogP contribution in [0, 0.1) is 0 Å². The fourth-order valence-corrected chi connectivity index (χ4v) is 2.14. The van der Waals surface area contributed by atoms with Crippen LogP contribution in [-0.2, 0) is 0 Å². The average molecular weight is 485 g/mol. The van der Waals surface area contributed by atoms with Crippen molar-refractivity contribution in [2.24, 2.45) is 0 Å². The first-order chi connectivity index (χ1) is 10.3. The van der Waals surface area contributed by atoms with Crippen molar-refractivity contribution in [2.75, 3.05) is 7.11 Å². The Morgan fingerprint density at radius 3 is 2.45 bits per heavy atom. The van der Waals surface area contributed by atoms with E-state index in [2.05, 4.69) is 4.98 Å². The number of nitrogens with zero attached hydrogens (tertiary/aromatic N) is 1. The van der Waals surface area contributed by atoms with Gasteiger partial charge >= 0.3 is 0 Å². The number of benzene rings is 2. The molecule has 3 aromatic rings. The molecule has 0 spiro atoms. The number of rotatable bonds is 3. The summed E-state index contributed by atoms with van der Waals surface area (Å²) in [5, 5.41) is 10.8. The maximum absolute atomic E-state index is 9.84. The summed E-state index contributed by atoms with van der Waals surface area (Å²) in [6, 6.07) is 17.1. The maximum Gasteiger partial charge on any atom is 0.141 e. The van der Waals surface area contributed by atoms with Crippen LogP contribution < -0.4 is 4.74 Å². The molecule has 0 aliphatic heterocycles. The van der Waals surface area contributed by atoms with Crippen LogP contribution in [0.1, 0.15) is 11.3 Å². The molecule has 0 aliphatic rings. The molecule has 4 heteroatoms. The third-order valence-corrected chi connectivity index (χ3v) is 3.28. The predicted molar refractivity (Wildman–Crippen MR) is 91.1 cm³/mol. The summed E-state index contributed by atoms with van der Waals surface area (Å²) in [6.07, 6.45) is 3.90. The van der Waals surface area contributed by atoms with E-state index in [1.165, 1.54) is 0 Å². The van der Waals surface area contributed by atoms with Gasteiger partial charge < -0.3 is 9.84 Å². The second-order valence-electron chi connectivity index (χ2n) is 4.69. The zero-order valence-corrected chi connectivity index (χ0v) is 16.0. The van der Waals surface area contributed by atoms with Gasteiger partial charge in [-0.15, -0.1) is 0 Å². The topological polar surface area (TPSA) is 42.4 Å². The third-order valence-electron chi connectivity index (χ3n) is 3.28. The van der Waals surface area contributed by atoms with Gasteiger partial charge in [0.2, 0.25) is 0 Å². The van der Waals surface area contributed by atoms with Crippen LogP contribution >= 0.6 is 0 Å². The fraction of sp³-hybridized carbons (Fsp3) is 0.0556. The van der Waals surface area contributed by atoms with E-state index in [0.29, 0.717) is 5.52 Å². The monoisotopic (exact) mass is 485 g/mol. The standard InChI is InChI=1S/C18H15NO2.Pb/c1-21-16-11-6-13(7-12-16)5-9-15-10-8-14-3-2-4-17(20)18(14)19-15;/h2-12,20H,1H3;. The van der Waals surface area contributed by atoms with E-state index in [4.69, 9.17) is 4.74 Å². The average Bonchev–Trinajstić information content (AvgIpc) is 2.54. The van der Waals surface area contributed by atoms with Crippen molar-refractivity contribution in [3.8, 4) is 11.5 Å². The van der Waals surface area contributed by atoms with Crippen LogP contribution in [0.2, 0.25) is 0 Å². The molecule has 0 aliphatic carbocycles. The molecule has 108 valence electrons. The summed E-state index contributed by atoms with van der Waals surface area (Å²) in [7, 11) is 1.65. The fourth-order valence-electron chi connectivity index (χ4n) is 2.14. The summed E-state index contributed by atoms with van der Waals surface area (Å²) in [5.74, 6) is 1.04. The van der Waals surface area contributed by atoms with Crippen LogP contribution in [0.3, 0.4) is 0 Å². The minimum atomic E-state index is 0. The van der Waals surface area contributed by atoms with Gasteiger partial charge in [-0.3, -0.25) is 0 Å². The molecular formula is C18H15NO2Pb. The van der Waals surface area contributed by atoms with Gasteiger partial charge in [-0.1, -0.05) is 36.4 Å². The van der Waals surface area contributed by atoms with Crippen LogP contribution in [0.15, 0.2) is 54.6 Å². The Balaban J connectivity index is 0.00000176. The van der Waals surface area contributed by atoms with Crippen molar-refractivity contribution in [1.29, 1.82) is 0 Å². The molecule has 0 saturated carbocycles. The quantitative estimate of drug-likeness (QED) is 0.576. The maximum atomic E-state index is 9.84. The van der Waals surface area contributed by atoms with Crippen LogP contribution in [0.4, 0.5) is 0 Å². The number of phenols is 1. The van der Waals surface area contributed by atoms with E-state index < -0.39 is 0 Å². The molecular weight excluding hydrogens is 469 g/mol. The van der Waals surface area contributed by atoms with Crippen molar-refractivity contribution in [3.05, 3.63) is 65.9 Å². The van der Waals surface area contributed by atoms with Gasteiger partial charge in [0.15, 0.2) is 0 Å². The predicted octanol–water partition coefficient (Wildman–Crippen LogP) is 3.74. The number of para-hydroxylation sites is 1. The summed E-state index contributed by atoms with van der Waals surface area (Å²) < 4.78 is 5.13. The van der Waals surface area contributed by atoms with Gasteiger partial charge in [0, 0.05) is 32.7 Å². The number of aromatic nitrogens is 1. The van der Waals surface area contributed by atoms with E-state index in [-0.39, 0.29) is 33.0 Å². The van der Waals surface area contributed by atoms with Crippen molar-refractivity contribution in [1.82, 2.24) is 4.98 Å². The first kappa shape index (κ1) is 16.5. The number of hydrogen-bond donors (Lipinski definition) is 1. The smallest absolute Gasteiger partial charge is 0.141 e. The summed E-state index contributed by atoms with van der Waals surface area (Å²) in [6.45, 7) is 0. The number of fused-ring (bicyclic) bond motifs is 1. The Labute approximate surface area is 149 Å². The zero-order chi connectivity index (χ0) is 14.7. The number of aromatic hydroxyl groups is 1. The molecule has 0 unspecified atom stereocenters. The first-order valence-electron chi connectivity index (χ1n) is 6.67. The largest absolute Gasteiger partial charge is 0.506 e. The molecule has 0 fully saturated rings. The minimum Gasteiger partial charge on any atom is -0.506 e. The summed E-state index contributed by atoms with van der Waals surface area (Å²) in [5.41, 5.74) is 2.49. The molecule has 1 aromatic heterocycles. The SMILES string of the molecule is COc1ccc(C=Cc2ccc3cccc(O)c3n2)cc1.[Pb]. The Bertz CT molecular complexity index is 798. The van der Waals surface area contributed by atoms with Crippen LogP contribution in [-0.4, -0.2) is 44.5 Å². The third kappa shape index (κ3) is 3.65. The Morgan fingerprint density at radius 2 is 1.73 bits per heavy atom. The van der Waals surface area contributed by atoms with E-state index >= 15 is 0 Å². The van der Waals surface area contributed by atoms with E-state index in [1.807, 2.05) is 60.7 Å². The Morgan fingerprint density at radius 1 is 0.955 bits per heavy atom. The van der Waals surface area contributed by atoms with E-state index in [0.717, 1.165) is 22.4 Å². The molecule has 0 bridgehead atoms. The molecule has 22 heavy (non-hydrogen) atoms. The first-order valence-corrected chi connectivity index (χ1v) is 6.67. The van der Waals surface area contributed by atoms with Gasteiger partial charge in [0.05, 0.1) is 12.8 Å². The van der Waals surface area contributed by atoms with Gasteiger partial charge in [0.25, 0.3) is 0 Å². The normalized spacial score (nSPS) is 10.6. The van der Waals surface area contributed by atoms with Crippen LogP contribution in [0.5, 0.6) is 11.5 Å². The molecule has 3 rings (SSSR count). The number of methoxy groups -OCH3 is 1. The Hall–Kier alpha value is -1.89. The van der Waals surface area contributed by atoms with Gasteiger partial charge in [-0.05, 0) is 35.9 Å². The summed E-state index contributed by atoms with van der Waals surface area (Å²) in [4.78, 5) is 4.46. The van der Waals surface area contributed by atoms with Crippen molar-refractivity contribution >= 4 is 50.4 Å². The van der Waals surface area contributed by atoms with Crippen LogP contribution in [0.25, 0.3) is 23.1 Å². The number of pyridine rings is 1. The van der Waals surface area contributed by atoms with E-state index in [1.54, 1.807) is 13.2 Å². The molecule has 3 nitrogen and oxygen atoms in total. The van der Waals surface area contributed by atoms with Crippen molar-refractivity contribution in [3.63, 3.8) is 0 Å². The molecule has 2 aromatic carbocycles. The van der Waals surface area contributed by atoms with Crippen molar-refractivity contribution < 1.29 is 9.84 Å². The summed E-state index contributed by atoms with van der Waals surface area (Å²) >= 11 is 0. The molecule has 0 amide bonds. The molecule has 1 heterocycles. The second-order valence-corrected chi connectivity index (χ2v) is 4.69. The Kier molecular flexibility index (Phi) is 5.54. The van der Waals surface area contributed by atoms with Gasteiger partial charge in [0.1, 0.15) is 17.0 Å². The van der Waals surface area contributed by atoms with Gasteiger partial charge in [-0.2, -0.15) is 0 Å². The number of ether oxygens (including phenoxy) is 1. The molecule has 0 atom stereocenters. The molecule has 0 saturated heterocycles.